The Balaban J connectivity index is 1.65. The van der Waals surface area contributed by atoms with Crippen LogP contribution < -0.4 is 4.74 Å². The summed E-state index contributed by atoms with van der Waals surface area (Å²) in [6.45, 7) is 3.74. The summed E-state index contributed by atoms with van der Waals surface area (Å²) in [7, 11) is 1.89. The lowest BCUT2D eigenvalue weighted by molar-refractivity contribution is 0.0470. The van der Waals surface area contributed by atoms with Gasteiger partial charge in [0.05, 0.1) is 0 Å². The monoisotopic (exact) mass is 411 g/mol. The van der Waals surface area contributed by atoms with Gasteiger partial charge in [-0.15, -0.1) is 0 Å². The first-order valence-corrected chi connectivity index (χ1v) is 9.54. The lowest BCUT2D eigenvalue weighted by Gasteiger charge is -2.11. The van der Waals surface area contributed by atoms with Crippen LogP contribution in [0.2, 0.25) is 5.02 Å². The van der Waals surface area contributed by atoms with Crippen LogP contribution in [0.15, 0.2) is 54.6 Å². The second-order valence-corrected chi connectivity index (χ2v) is 7.19. The first-order valence-electron chi connectivity index (χ1n) is 9.16. The number of para-hydroxylation sites is 1. The normalized spacial score (nSPS) is 10.6. The van der Waals surface area contributed by atoms with Crippen molar-refractivity contribution in [2.75, 3.05) is 6.61 Å². The van der Waals surface area contributed by atoms with E-state index in [0.717, 1.165) is 17.0 Å². The molecule has 0 saturated heterocycles. The maximum absolute atomic E-state index is 12.5. The highest BCUT2D eigenvalue weighted by Gasteiger charge is 2.18. The summed E-state index contributed by atoms with van der Waals surface area (Å²) in [6, 6.07) is 15.9. The number of carbonyl (C=O) groups excluding carboxylic acids is 2. The smallest absolute Gasteiger partial charge is 0.342 e. The lowest BCUT2D eigenvalue weighted by Crippen LogP contribution is -2.15. The van der Waals surface area contributed by atoms with Crippen LogP contribution in [0.4, 0.5) is 0 Å². The van der Waals surface area contributed by atoms with E-state index in [-0.39, 0.29) is 24.6 Å². The van der Waals surface area contributed by atoms with E-state index in [0.29, 0.717) is 16.3 Å². The highest BCUT2D eigenvalue weighted by molar-refractivity contribution is 6.30. The Morgan fingerprint density at radius 1 is 1.00 bits per heavy atom. The van der Waals surface area contributed by atoms with E-state index in [1.807, 2.05) is 37.6 Å². The second-order valence-electron chi connectivity index (χ2n) is 6.75. The number of benzene rings is 2. The van der Waals surface area contributed by atoms with Crippen LogP contribution in [0.5, 0.6) is 5.75 Å². The third-order valence-electron chi connectivity index (χ3n) is 4.82. The fourth-order valence-electron chi connectivity index (χ4n) is 2.93. The Morgan fingerprint density at radius 2 is 1.69 bits per heavy atom. The van der Waals surface area contributed by atoms with Crippen molar-refractivity contribution < 1.29 is 19.1 Å². The standard InChI is InChI=1S/C23H22ClNO4/c1-15-12-20(16(2)25(15)3)21(26)14-29-23(27)19-6-4-5-7-22(19)28-13-17-8-10-18(24)11-9-17/h4-12H,13-14H2,1-3H3. The van der Waals surface area contributed by atoms with Gasteiger partial charge in [0, 0.05) is 29.0 Å². The Bertz CT molecular complexity index is 1040. The Kier molecular flexibility index (Phi) is 6.39. The molecule has 3 aromatic rings. The Labute approximate surface area is 174 Å². The molecular weight excluding hydrogens is 390 g/mol. The van der Waals surface area contributed by atoms with Crippen molar-refractivity contribution in [1.29, 1.82) is 0 Å². The van der Waals surface area contributed by atoms with E-state index < -0.39 is 5.97 Å². The third kappa shape index (κ3) is 4.87. The largest absolute Gasteiger partial charge is 0.488 e. The van der Waals surface area contributed by atoms with Gasteiger partial charge in [-0.1, -0.05) is 35.9 Å². The highest BCUT2D eigenvalue weighted by atomic mass is 35.5. The summed E-state index contributed by atoms with van der Waals surface area (Å²) in [4.78, 5) is 25.0. The van der Waals surface area contributed by atoms with Crippen LogP contribution in [0.1, 0.15) is 37.7 Å². The molecule has 0 unspecified atom stereocenters. The molecule has 0 atom stereocenters. The number of hydrogen-bond donors (Lipinski definition) is 0. The van der Waals surface area contributed by atoms with Gasteiger partial charge in [-0.3, -0.25) is 4.79 Å². The van der Waals surface area contributed by atoms with Gasteiger partial charge in [0.15, 0.2) is 6.61 Å². The summed E-state index contributed by atoms with van der Waals surface area (Å²) in [5, 5.41) is 0.645. The summed E-state index contributed by atoms with van der Waals surface area (Å²) < 4.78 is 13.0. The molecule has 0 saturated carbocycles. The highest BCUT2D eigenvalue weighted by Crippen LogP contribution is 2.21. The fourth-order valence-corrected chi connectivity index (χ4v) is 3.05. The zero-order valence-electron chi connectivity index (χ0n) is 16.6. The van der Waals surface area contributed by atoms with Crippen LogP contribution in [0.25, 0.3) is 0 Å². The van der Waals surface area contributed by atoms with Crippen molar-refractivity contribution >= 4 is 23.4 Å². The van der Waals surface area contributed by atoms with Crippen LogP contribution >= 0.6 is 11.6 Å². The van der Waals surface area contributed by atoms with Crippen molar-refractivity contribution in [3.8, 4) is 5.75 Å². The molecule has 2 aromatic carbocycles. The van der Waals surface area contributed by atoms with Gasteiger partial charge >= 0.3 is 5.97 Å². The number of aryl methyl sites for hydroxylation is 1. The third-order valence-corrected chi connectivity index (χ3v) is 5.08. The van der Waals surface area contributed by atoms with E-state index in [9.17, 15) is 9.59 Å². The first-order chi connectivity index (χ1) is 13.9. The molecule has 0 bridgehead atoms. The number of ether oxygens (including phenoxy) is 2. The topological polar surface area (TPSA) is 57.5 Å². The van der Waals surface area contributed by atoms with Gasteiger partial charge < -0.3 is 14.0 Å². The number of carbonyl (C=O) groups is 2. The number of Topliss-reactive ketones (excluding diaryl/α,β-unsaturated/α-hetero) is 1. The number of hydrogen-bond acceptors (Lipinski definition) is 4. The summed E-state index contributed by atoms with van der Waals surface area (Å²) in [5.74, 6) is -0.443. The zero-order valence-corrected chi connectivity index (χ0v) is 17.3. The van der Waals surface area contributed by atoms with Gasteiger partial charge in [0.2, 0.25) is 5.78 Å². The molecule has 0 aliphatic rings. The predicted octanol–water partition coefficient (Wildman–Crippen LogP) is 4.91. The minimum absolute atomic E-state index is 0.237. The summed E-state index contributed by atoms with van der Waals surface area (Å²) >= 11 is 5.89. The number of aromatic nitrogens is 1. The quantitative estimate of drug-likeness (QED) is 0.409. The van der Waals surface area contributed by atoms with Crippen LogP contribution in [-0.4, -0.2) is 22.9 Å². The van der Waals surface area contributed by atoms with Gasteiger partial charge in [0.25, 0.3) is 0 Å². The van der Waals surface area contributed by atoms with Crippen molar-refractivity contribution in [2.24, 2.45) is 7.05 Å². The fraction of sp³-hybridized carbons (Fsp3) is 0.217. The number of nitrogens with zero attached hydrogens (tertiary/aromatic N) is 1. The van der Waals surface area contributed by atoms with Gasteiger partial charge in [0.1, 0.15) is 17.9 Å². The molecule has 1 heterocycles. The predicted molar refractivity (Wildman–Crippen MR) is 112 cm³/mol. The molecule has 0 spiro atoms. The molecule has 3 rings (SSSR count). The van der Waals surface area contributed by atoms with Crippen molar-refractivity contribution in [2.45, 2.75) is 20.5 Å². The molecule has 29 heavy (non-hydrogen) atoms. The molecule has 0 aliphatic heterocycles. The maximum Gasteiger partial charge on any atom is 0.342 e. The number of halogens is 1. The first kappa shape index (κ1) is 20.7. The van der Waals surface area contributed by atoms with E-state index in [4.69, 9.17) is 21.1 Å². The van der Waals surface area contributed by atoms with Crippen molar-refractivity contribution in [3.63, 3.8) is 0 Å². The summed E-state index contributed by atoms with van der Waals surface area (Å²) in [6.07, 6.45) is 0. The second kappa shape index (κ2) is 8.97. The molecule has 1 aromatic heterocycles. The minimum Gasteiger partial charge on any atom is -0.488 e. The summed E-state index contributed by atoms with van der Waals surface area (Å²) in [5.41, 5.74) is 3.57. The van der Waals surface area contributed by atoms with Crippen molar-refractivity contribution in [3.05, 3.63) is 87.7 Å². The number of esters is 1. The molecule has 150 valence electrons. The van der Waals surface area contributed by atoms with Gasteiger partial charge in [-0.05, 0) is 49.7 Å². The van der Waals surface area contributed by atoms with E-state index >= 15 is 0 Å². The average molecular weight is 412 g/mol. The Hall–Kier alpha value is -3.05. The molecule has 0 radical (unpaired) electrons. The van der Waals surface area contributed by atoms with Crippen LogP contribution in [0, 0.1) is 13.8 Å². The molecule has 0 aliphatic carbocycles. The Morgan fingerprint density at radius 3 is 2.34 bits per heavy atom. The van der Waals surface area contributed by atoms with Crippen LogP contribution in [-0.2, 0) is 18.4 Å². The molecule has 0 fully saturated rings. The van der Waals surface area contributed by atoms with Crippen LogP contribution in [0.3, 0.4) is 0 Å². The van der Waals surface area contributed by atoms with Gasteiger partial charge in [-0.25, -0.2) is 4.79 Å². The molecule has 6 heteroatoms. The number of ketones is 1. The molecule has 5 nitrogen and oxygen atoms in total. The number of rotatable bonds is 7. The van der Waals surface area contributed by atoms with E-state index in [1.165, 1.54) is 0 Å². The average Bonchev–Trinajstić information content (AvgIpc) is 2.99. The molecule has 0 N–H and O–H groups in total. The zero-order chi connectivity index (χ0) is 21.0. The SMILES string of the molecule is Cc1cc(C(=O)COC(=O)c2ccccc2OCc2ccc(Cl)cc2)c(C)n1C. The lowest BCUT2D eigenvalue weighted by atomic mass is 10.1. The molecular formula is C23H22ClNO4. The van der Waals surface area contributed by atoms with Crippen molar-refractivity contribution in [1.82, 2.24) is 4.57 Å². The minimum atomic E-state index is -0.602. The maximum atomic E-state index is 12.5. The van der Waals surface area contributed by atoms with Gasteiger partial charge in [-0.2, -0.15) is 0 Å². The van der Waals surface area contributed by atoms with E-state index in [1.54, 1.807) is 42.5 Å². The molecule has 0 amide bonds. The van der Waals surface area contributed by atoms with E-state index in [2.05, 4.69) is 0 Å².